The molecule has 1 aromatic heterocycles. The lowest BCUT2D eigenvalue weighted by Gasteiger charge is -2.08. The zero-order valence-corrected chi connectivity index (χ0v) is 20.4. The lowest BCUT2D eigenvalue weighted by atomic mass is 10.2. The van der Waals surface area contributed by atoms with Gasteiger partial charge in [-0.3, -0.25) is 4.79 Å². The molecule has 1 N–H and O–H groups in total. The zero-order chi connectivity index (χ0) is 24.1. The van der Waals surface area contributed by atoms with Crippen molar-refractivity contribution >= 4 is 58.5 Å². The maximum atomic E-state index is 12.3. The fourth-order valence-corrected chi connectivity index (χ4v) is 3.80. The van der Waals surface area contributed by atoms with Crippen LogP contribution in [0.15, 0.2) is 82.3 Å². The molecule has 0 spiro atoms. The number of rotatable bonds is 7. The van der Waals surface area contributed by atoms with Crippen LogP contribution < -0.4 is 10.2 Å². The first-order valence-electron chi connectivity index (χ1n) is 9.94. The topological polar surface area (TPSA) is 63.8 Å². The van der Waals surface area contributed by atoms with E-state index in [1.807, 2.05) is 6.07 Å². The van der Waals surface area contributed by atoms with Crippen LogP contribution >= 0.6 is 46.4 Å². The van der Waals surface area contributed by atoms with Crippen molar-refractivity contribution in [3.8, 4) is 17.1 Å². The molecule has 0 unspecified atom stereocenters. The van der Waals surface area contributed by atoms with Gasteiger partial charge in [0, 0.05) is 16.1 Å². The Morgan fingerprint density at radius 1 is 0.882 bits per heavy atom. The smallest absolute Gasteiger partial charge is 0.271 e. The molecule has 0 radical (unpaired) electrons. The minimum atomic E-state index is -0.375. The Bertz CT molecular complexity index is 1350. The molecule has 0 aliphatic rings. The third kappa shape index (κ3) is 6.13. The lowest BCUT2D eigenvalue weighted by Crippen LogP contribution is -2.17. The number of amides is 1. The SMILES string of the molecule is O=C(N/N=C\c1ccc(-c2ccc(Cl)cc2Cl)o1)c1ccc(OCc2ccc(Cl)c(Cl)c2)cc1. The standard InChI is InChI=1S/C25H16Cl4N2O3/c26-17-4-8-20(22(28)12-17)24-10-7-19(34-24)13-30-31-25(32)16-2-5-18(6-3-16)33-14-15-1-9-21(27)23(29)11-15/h1-13H,14H2,(H,31,32)/b30-13-. The van der Waals surface area contributed by atoms with E-state index in [-0.39, 0.29) is 5.91 Å². The van der Waals surface area contributed by atoms with Crippen LogP contribution in [0.2, 0.25) is 20.1 Å². The van der Waals surface area contributed by atoms with Gasteiger partial charge in [0.25, 0.3) is 5.91 Å². The number of halogens is 4. The van der Waals surface area contributed by atoms with Crippen molar-refractivity contribution in [1.29, 1.82) is 0 Å². The molecule has 0 saturated heterocycles. The normalized spacial score (nSPS) is 11.1. The summed E-state index contributed by atoms with van der Waals surface area (Å²) in [5.41, 5.74) is 4.47. The third-order valence-electron chi connectivity index (χ3n) is 4.69. The minimum Gasteiger partial charge on any atom is -0.489 e. The van der Waals surface area contributed by atoms with E-state index in [4.69, 9.17) is 55.6 Å². The van der Waals surface area contributed by atoms with Gasteiger partial charge >= 0.3 is 0 Å². The number of carbonyl (C=O) groups is 1. The number of ether oxygens (including phenoxy) is 1. The predicted molar refractivity (Wildman–Crippen MR) is 136 cm³/mol. The van der Waals surface area contributed by atoms with E-state index in [1.165, 1.54) is 6.21 Å². The number of hydrogen-bond acceptors (Lipinski definition) is 4. The summed E-state index contributed by atoms with van der Waals surface area (Å²) in [7, 11) is 0. The van der Waals surface area contributed by atoms with Gasteiger partial charge in [0.1, 0.15) is 23.9 Å². The Hall–Kier alpha value is -2.96. The molecular formula is C25H16Cl4N2O3. The van der Waals surface area contributed by atoms with Crippen molar-refractivity contribution in [3.05, 3.63) is 110 Å². The second-order valence-electron chi connectivity index (χ2n) is 7.09. The predicted octanol–water partition coefficient (Wildman–Crippen LogP) is 7.90. The number of benzene rings is 3. The summed E-state index contributed by atoms with van der Waals surface area (Å²) in [6, 6.07) is 20.6. The Morgan fingerprint density at radius 2 is 1.68 bits per heavy atom. The molecule has 0 bridgehead atoms. The molecule has 0 aliphatic carbocycles. The molecule has 0 atom stereocenters. The molecule has 1 heterocycles. The molecule has 0 aliphatic heterocycles. The quantitative estimate of drug-likeness (QED) is 0.194. The Kier molecular flexibility index (Phi) is 7.80. The highest BCUT2D eigenvalue weighted by molar-refractivity contribution is 6.42. The average molecular weight is 534 g/mol. The van der Waals surface area contributed by atoms with Crippen LogP contribution in [0.4, 0.5) is 0 Å². The van der Waals surface area contributed by atoms with Gasteiger partial charge in [-0.2, -0.15) is 5.10 Å². The second-order valence-corrected chi connectivity index (χ2v) is 8.74. The van der Waals surface area contributed by atoms with Crippen LogP contribution in [0, 0.1) is 0 Å². The zero-order valence-electron chi connectivity index (χ0n) is 17.4. The van der Waals surface area contributed by atoms with Gasteiger partial charge in [-0.05, 0) is 72.3 Å². The van der Waals surface area contributed by atoms with Gasteiger partial charge in [-0.15, -0.1) is 0 Å². The molecule has 172 valence electrons. The third-order valence-corrected chi connectivity index (χ3v) is 5.97. The van der Waals surface area contributed by atoms with Crippen molar-refractivity contribution < 1.29 is 13.9 Å². The number of nitrogens with zero attached hydrogens (tertiary/aromatic N) is 1. The van der Waals surface area contributed by atoms with Crippen LogP contribution in [-0.4, -0.2) is 12.1 Å². The van der Waals surface area contributed by atoms with Gasteiger partial charge in [0.2, 0.25) is 0 Å². The number of furan rings is 1. The fourth-order valence-electron chi connectivity index (χ4n) is 2.97. The molecule has 5 nitrogen and oxygen atoms in total. The van der Waals surface area contributed by atoms with Gasteiger partial charge in [0.15, 0.2) is 0 Å². The van der Waals surface area contributed by atoms with E-state index in [1.54, 1.807) is 66.7 Å². The monoisotopic (exact) mass is 532 g/mol. The largest absolute Gasteiger partial charge is 0.489 e. The average Bonchev–Trinajstić information content (AvgIpc) is 3.28. The number of nitrogens with one attached hydrogen (secondary N) is 1. The first kappa shape index (κ1) is 24.2. The van der Waals surface area contributed by atoms with E-state index >= 15 is 0 Å². The number of hydrogen-bond donors (Lipinski definition) is 1. The van der Waals surface area contributed by atoms with E-state index in [2.05, 4.69) is 10.5 Å². The summed E-state index contributed by atoms with van der Waals surface area (Å²) in [6.07, 6.45) is 1.40. The Balaban J connectivity index is 1.31. The van der Waals surface area contributed by atoms with Crippen LogP contribution in [0.25, 0.3) is 11.3 Å². The minimum absolute atomic E-state index is 0.319. The maximum absolute atomic E-state index is 12.3. The fraction of sp³-hybridized carbons (Fsp3) is 0.0400. The summed E-state index contributed by atoms with van der Waals surface area (Å²) < 4.78 is 11.4. The molecule has 0 saturated carbocycles. The van der Waals surface area contributed by atoms with E-state index in [9.17, 15) is 4.79 Å². The Labute approximate surface area is 215 Å². The Morgan fingerprint density at radius 3 is 2.41 bits per heavy atom. The molecule has 9 heteroatoms. The van der Waals surface area contributed by atoms with E-state index in [0.717, 1.165) is 5.56 Å². The van der Waals surface area contributed by atoms with E-state index in [0.29, 0.717) is 55.1 Å². The summed E-state index contributed by atoms with van der Waals surface area (Å²) in [6.45, 7) is 0.319. The van der Waals surface area contributed by atoms with Crippen molar-refractivity contribution in [3.63, 3.8) is 0 Å². The lowest BCUT2D eigenvalue weighted by molar-refractivity contribution is 0.0955. The van der Waals surface area contributed by atoms with Crippen LogP contribution in [-0.2, 0) is 6.61 Å². The summed E-state index contributed by atoms with van der Waals surface area (Å²) in [5.74, 6) is 1.24. The van der Waals surface area contributed by atoms with Gasteiger partial charge in [-0.25, -0.2) is 5.43 Å². The number of hydrazone groups is 1. The molecule has 0 fully saturated rings. The summed E-state index contributed by atoms with van der Waals surface area (Å²) in [5, 5.41) is 5.92. The van der Waals surface area contributed by atoms with Gasteiger partial charge in [-0.1, -0.05) is 52.5 Å². The second kappa shape index (κ2) is 11.0. The highest BCUT2D eigenvalue weighted by Crippen LogP contribution is 2.31. The van der Waals surface area contributed by atoms with Crippen molar-refractivity contribution in [1.82, 2.24) is 5.43 Å². The molecule has 34 heavy (non-hydrogen) atoms. The maximum Gasteiger partial charge on any atom is 0.271 e. The summed E-state index contributed by atoms with van der Waals surface area (Å²) in [4.78, 5) is 12.3. The van der Waals surface area contributed by atoms with Crippen molar-refractivity contribution in [2.45, 2.75) is 6.61 Å². The first-order chi connectivity index (χ1) is 16.4. The molecular weight excluding hydrogens is 518 g/mol. The van der Waals surface area contributed by atoms with Crippen LogP contribution in [0.1, 0.15) is 21.7 Å². The molecule has 1 amide bonds. The van der Waals surface area contributed by atoms with E-state index < -0.39 is 0 Å². The van der Waals surface area contributed by atoms with Crippen molar-refractivity contribution in [2.24, 2.45) is 5.10 Å². The van der Waals surface area contributed by atoms with Gasteiger partial charge < -0.3 is 9.15 Å². The van der Waals surface area contributed by atoms with Crippen LogP contribution in [0.5, 0.6) is 5.75 Å². The number of carbonyl (C=O) groups excluding carboxylic acids is 1. The molecule has 3 aromatic carbocycles. The summed E-state index contributed by atoms with van der Waals surface area (Å²) >= 11 is 24.1. The highest BCUT2D eigenvalue weighted by atomic mass is 35.5. The molecule has 4 rings (SSSR count). The first-order valence-corrected chi connectivity index (χ1v) is 11.5. The van der Waals surface area contributed by atoms with Crippen molar-refractivity contribution in [2.75, 3.05) is 0 Å². The highest BCUT2D eigenvalue weighted by Gasteiger charge is 2.09. The molecule has 4 aromatic rings. The van der Waals surface area contributed by atoms with Gasteiger partial charge in [0.05, 0.1) is 21.3 Å². The van der Waals surface area contributed by atoms with Crippen LogP contribution in [0.3, 0.4) is 0 Å².